The smallest absolute Gasteiger partial charge is 0.238 e. The molecule has 1 aliphatic rings. The largest absolute Gasteiger partial charge is 0.387 e. The van der Waals surface area contributed by atoms with Gasteiger partial charge in [0.25, 0.3) is 0 Å². The van der Waals surface area contributed by atoms with E-state index in [1.807, 2.05) is 48.5 Å². The molecule has 1 amide bonds. The summed E-state index contributed by atoms with van der Waals surface area (Å²) < 4.78 is 0. The molecule has 1 fully saturated rings. The van der Waals surface area contributed by atoms with E-state index in [2.05, 4.69) is 61.9 Å². The lowest BCUT2D eigenvalue weighted by Gasteiger charge is -2.41. The Balaban J connectivity index is 1.89. The molecule has 180 valence electrons. The molecule has 2 aromatic carbocycles. The van der Waals surface area contributed by atoms with E-state index in [1.54, 1.807) is 0 Å². The maximum Gasteiger partial charge on any atom is 0.238 e. The summed E-state index contributed by atoms with van der Waals surface area (Å²) in [6.45, 7) is 11.2. The van der Waals surface area contributed by atoms with Crippen molar-refractivity contribution in [2.24, 2.45) is 5.92 Å². The zero-order valence-corrected chi connectivity index (χ0v) is 20.7. The lowest BCUT2D eigenvalue weighted by Crippen LogP contribution is -2.52. The molecule has 2 aromatic rings. The number of hydrogen-bond acceptors (Lipinski definition) is 3. The zero-order chi connectivity index (χ0) is 24.5. The van der Waals surface area contributed by atoms with Gasteiger partial charge in [0.05, 0.1) is 12.6 Å². The van der Waals surface area contributed by atoms with Crippen LogP contribution in [0.1, 0.15) is 44.2 Å². The van der Waals surface area contributed by atoms with E-state index in [-0.39, 0.29) is 18.5 Å². The summed E-state index contributed by atoms with van der Waals surface area (Å²) in [6, 6.07) is 17.5. The number of hydrogen-bond donors (Lipinski definition) is 2. The summed E-state index contributed by atoms with van der Waals surface area (Å²) in [4.78, 5) is 15.0. The van der Waals surface area contributed by atoms with Crippen LogP contribution >= 0.6 is 0 Å². The number of anilines is 1. The van der Waals surface area contributed by atoms with Crippen LogP contribution in [0.25, 0.3) is 5.57 Å². The van der Waals surface area contributed by atoms with Crippen LogP contribution in [0.15, 0.2) is 85.0 Å². The summed E-state index contributed by atoms with van der Waals surface area (Å²) in [5.74, 6) is 0.234. The van der Waals surface area contributed by atoms with Gasteiger partial charge in [-0.15, -0.1) is 6.58 Å². The van der Waals surface area contributed by atoms with E-state index >= 15 is 0 Å². The summed E-state index contributed by atoms with van der Waals surface area (Å²) in [6.07, 6.45) is 8.14. The highest BCUT2D eigenvalue weighted by molar-refractivity contribution is 5.92. The standard InChI is InChI=1S/C30H38N2O2/c1-5-22(3)16-18-27(26-15-11-10-12-23(26)4)30(34)28-19-17-24(6-2)20-32(28)21-29(33)31-25-13-8-7-9-14-25/h6-16,18,24,28,30,34H,2,5,17,19-21H2,1,3-4H3,(H,31,33)/b22-16+,27-18+. The molecule has 3 rings (SSSR count). The van der Waals surface area contributed by atoms with Crippen molar-refractivity contribution in [2.75, 3.05) is 18.4 Å². The summed E-state index contributed by atoms with van der Waals surface area (Å²) >= 11 is 0. The van der Waals surface area contributed by atoms with Crippen LogP contribution < -0.4 is 5.32 Å². The number of likely N-dealkylation sites (tertiary alicyclic amines) is 1. The average molecular weight is 459 g/mol. The van der Waals surface area contributed by atoms with Gasteiger partial charge in [-0.2, -0.15) is 0 Å². The third-order valence-electron chi connectivity index (χ3n) is 6.75. The topological polar surface area (TPSA) is 52.6 Å². The first-order valence-corrected chi connectivity index (χ1v) is 12.3. The van der Waals surface area contributed by atoms with Crippen LogP contribution in [0, 0.1) is 12.8 Å². The van der Waals surface area contributed by atoms with E-state index in [9.17, 15) is 9.90 Å². The SMILES string of the molecule is C=CC1CCC(C(O)/C(=C/C=C(\C)CC)c2ccccc2C)N(CC(=O)Nc2ccccc2)C1. The Kier molecular flexibility index (Phi) is 9.43. The van der Waals surface area contributed by atoms with Crippen LogP contribution in [0.2, 0.25) is 0 Å². The lowest BCUT2D eigenvalue weighted by atomic mass is 9.84. The van der Waals surface area contributed by atoms with Crippen LogP contribution in [0.4, 0.5) is 5.69 Å². The Morgan fingerprint density at radius 3 is 2.53 bits per heavy atom. The fourth-order valence-corrected chi connectivity index (χ4v) is 4.54. The Morgan fingerprint density at radius 2 is 1.85 bits per heavy atom. The van der Waals surface area contributed by atoms with Crippen molar-refractivity contribution in [1.29, 1.82) is 0 Å². The number of aliphatic hydroxyl groups excluding tert-OH is 1. The number of para-hydroxylation sites is 1. The van der Waals surface area contributed by atoms with Crippen molar-refractivity contribution in [1.82, 2.24) is 4.90 Å². The monoisotopic (exact) mass is 458 g/mol. The van der Waals surface area contributed by atoms with Gasteiger partial charge in [-0.1, -0.05) is 73.2 Å². The summed E-state index contributed by atoms with van der Waals surface area (Å²) in [5, 5.41) is 14.7. The number of aliphatic hydroxyl groups is 1. The molecule has 3 unspecified atom stereocenters. The van der Waals surface area contributed by atoms with E-state index in [0.29, 0.717) is 12.5 Å². The van der Waals surface area contributed by atoms with Gasteiger partial charge in [0.15, 0.2) is 0 Å². The molecule has 0 saturated carbocycles. The van der Waals surface area contributed by atoms with Crippen LogP contribution in [0.5, 0.6) is 0 Å². The fraction of sp³-hybridized carbons (Fsp3) is 0.367. The molecule has 4 heteroatoms. The Morgan fingerprint density at radius 1 is 1.15 bits per heavy atom. The van der Waals surface area contributed by atoms with Crippen molar-refractivity contribution in [3.8, 4) is 0 Å². The molecular formula is C30H38N2O2. The van der Waals surface area contributed by atoms with Crippen molar-refractivity contribution in [3.63, 3.8) is 0 Å². The molecule has 0 aliphatic carbocycles. The zero-order valence-electron chi connectivity index (χ0n) is 20.7. The minimum absolute atomic E-state index is 0.0729. The molecule has 1 heterocycles. The van der Waals surface area contributed by atoms with Gasteiger partial charge in [-0.3, -0.25) is 9.69 Å². The maximum atomic E-state index is 12.9. The second kappa shape index (κ2) is 12.5. The molecule has 34 heavy (non-hydrogen) atoms. The first kappa shape index (κ1) is 25.7. The number of nitrogens with zero attached hydrogens (tertiary/aromatic N) is 1. The van der Waals surface area contributed by atoms with Gasteiger partial charge in [0.1, 0.15) is 0 Å². The van der Waals surface area contributed by atoms with Gasteiger partial charge in [0, 0.05) is 18.3 Å². The number of rotatable bonds is 9. The van der Waals surface area contributed by atoms with Crippen molar-refractivity contribution < 1.29 is 9.90 Å². The highest BCUT2D eigenvalue weighted by Crippen LogP contribution is 2.32. The minimum Gasteiger partial charge on any atom is -0.387 e. The van der Waals surface area contributed by atoms with Gasteiger partial charge in [-0.25, -0.2) is 0 Å². The van der Waals surface area contributed by atoms with Crippen LogP contribution in [0.3, 0.4) is 0 Å². The number of benzene rings is 2. The second-order valence-corrected chi connectivity index (χ2v) is 9.23. The van der Waals surface area contributed by atoms with E-state index < -0.39 is 6.10 Å². The third kappa shape index (κ3) is 6.78. The quantitative estimate of drug-likeness (QED) is 0.358. The fourth-order valence-electron chi connectivity index (χ4n) is 4.54. The molecule has 4 nitrogen and oxygen atoms in total. The number of carbonyl (C=O) groups excluding carboxylic acids is 1. The average Bonchev–Trinajstić information content (AvgIpc) is 2.85. The van der Waals surface area contributed by atoms with Gasteiger partial charge in [0.2, 0.25) is 5.91 Å². The molecule has 3 atom stereocenters. The molecule has 2 N–H and O–H groups in total. The number of allylic oxidation sites excluding steroid dienone is 3. The van der Waals surface area contributed by atoms with Crippen molar-refractivity contribution in [2.45, 2.75) is 52.2 Å². The highest BCUT2D eigenvalue weighted by Gasteiger charge is 2.35. The Labute approximate surface area is 204 Å². The Hall–Kier alpha value is -2.95. The predicted molar refractivity (Wildman–Crippen MR) is 143 cm³/mol. The van der Waals surface area contributed by atoms with Gasteiger partial charge >= 0.3 is 0 Å². The number of carbonyl (C=O) groups is 1. The molecule has 1 aliphatic heterocycles. The Bertz CT molecular complexity index is 1030. The highest BCUT2D eigenvalue weighted by atomic mass is 16.3. The number of nitrogens with one attached hydrogen (secondary N) is 1. The molecule has 0 bridgehead atoms. The summed E-state index contributed by atoms with van der Waals surface area (Å²) in [5.41, 5.74) is 5.12. The first-order valence-electron chi connectivity index (χ1n) is 12.3. The molecular weight excluding hydrogens is 420 g/mol. The van der Waals surface area contributed by atoms with E-state index in [4.69, 9.17) is 0 Å². The molecule has 0 aromatic heterocycles. The van der Waals surface area contributed by atoms with Gasteiger partial charge in [-0.05, 0) is 67.9 Å². The second-order valence-electron chi connectivity index (χ2n) is 9.23. The number of piperidine rings is 1. The minimum atomic E-state index is -0.711. The lowest BCUT2D eigenvalue weighted by molar-refractivity contribution is -0.119. The third-order valence-corrected chi connectivity index (χ3v) is 6.75. The predicted octanol–water partition coefficient (Wildman–Crippen LogP) is 6.00. The summed E-state index contributed by atoms with van der Waals surface area (Å²) in [7, 11) is 0. The van der Waals surface area contributed by atoms with E-state index in [0.717, 1.165) is 41.6 Å². The maximum absolute atomic E-state index is 12.9. The molecule has 0 radical (unpaired) electrons. The van der Waals surface area contributed by atoms with Crippen molar-refractivity contribution >= 4 is 17.2 Å². The van der Waals surface area contributed by atoms with Gasteiger partial charge < -0.3 is 10.4 Å². The number of aryl methyl sites for hydroxylation is 1. The number of amides is 1. The molecule has 0 spiro atoms. The normalized spacial score (nSPS) is 20.6. The molecule has 1 saturated heterocycles. The van der Waals surface area contributed by atoms with Crippen LogP contribution in [-0.4, -0.2) is 41.1 Å². The van der Waals surface area contributed by atoms with Crippen LogP contribution in [-0.2, 0) is 4.79 Å². The first-order chi connectivity index (χ1) is 16.4. The van der Waals surface area contributed by atoms with E-state index in [1.165, 1.54) is 5.57 Å². The van der Waals surface area contributed by atoms with Crippen molar-refractivity contribution in [3.05, 3.63) is 96.1 Å².